The van der Waals surface area contributed by atoms with Gasteiger partial charge in [0.05, 0.1) is 6.10 Å². The maximum Gasteiger partial charge on any atom is 0.345 e. The second-order valence-corrected chi connectivity index (χ2v) is 9.53. The normalized spacial score (nSPS) is 24.9. The molecule has 5 heteroatoms. The highest BCUT2D eigenvalue weighted by Gasteiger charge is 2.39. The molecule has 1 heterocycles. The molecule has 4 unspecified atom stereocenters. The van der Waals surface area contributed by atoms with Gasteiger partial charge >= 0.3 is 5.97 Å². The molecule has 3 rings (SSSR count). The van der Waals surface area contributed by atoms with Crippen LogP contribution in [-0.4, -0.2) is 27.7 Å². The Hall–Kier alpha value is -1.62. The number of hydrogen-bond acceptors (Lipinski definition) is 3. The average Bonchev–Trinajstić information content (AvgIpc) is 3.18. The Bertz CT molecular complexity index is 837. The van der Waals surface area contributed by atoms with Crippen LogP contribution in [0.4, 0.5) is 0 Å². The van der Waals surface area contributed by atoms with Crippen LogP contribution in [0.2, 0.25) is 0 Å². The zero-order valence-corrected chi connectivity index (χ0v) is 17.8. The number of aryl methyl sites for hydroxylation is 3. The molecule has 1 aromatic carbocycles. The molecule has 1 aromatic heterocycles. The summed E-state index contributed by atoms with van der Waals surface area (Å²) in [5.41, 5.74) is 3.62. The van der Waals surface area contributed by atoms with Gasteiger partial charge in [-0.05, 0) is 63.1 Å². The fourth-order valence-corrected chi connectivity index (χ4v) is 5.57. The van der Waals surface area contributed by atoms with Gasteiger partial charge < -0.3 is 10.2 Å². The SMILES string of the molecule is Cc1cc(C)cc(C=CC2C(O)CC(Cl)C2CCCc2ccc(C(=O)O)s2)c1. The Morgan fingerprint density at radius 1 is 1.25 bits per heavy atom. The summed E-state index contributed by atoms with van der Waals surface area (Å²) in [6, 6.07) is 10.0. The lowest BCUT2D eigenvalue weighted by Crippen LogP contribution is -2.18. The average molecular weight is 419 g/mol. The predicted octanol–water partition coefficient (Wildman–Crippen LogP) is 5.70. The first kappa shape index (κ1) is 21.1. The number of hydrogen-bond donors (Lipinski definition) is 2. The van der Waals surface area contributed by atoms with Gasteiger partial charge in [-0.25, -0.2) is 4.79 Å². The van der Waals surface area contributed by atoms with Crippen molar-refractivity contribution in [2.45, 2.75) is 51.0 Å². The molecule has 0 aliphatic heterocycles. The molecule has 1 fully saturated rings. The number of aromatic carboxylic acids is 1. The van der Waals surface area contributed by atoms with E-state index >= 15 is 0 Å². The Labute approximate surface area is 175 Å². The Morgan fingerprint density at radius 3 is 2.61 bits per heavy atom. The number of halogens is 1. The molecule has 28 heavy (non-hydrogen) atoms. The highest BCUT2D eigenvalue weighted by molar-refractivity contribution is 7.13. The van der Waals surface area contributed by atoms with Crippen molar-refractivity contribution in [2.24, 2.45) is 11.8 Å². The molecule has 3 nitrogen and oxygen atoms in total. The van der Waals surface area contributed by atoms with E-state index in [0.29, 0.717) is 11.3 Å². The summed E-state index contributed by atoms with van der Waals surface area (Å²) in [7, 11) is 0. The van der Waals surface area contributed by atoms with Crippen LogP contribution in [0.15, 0.2) is 36.4 Å². The molecule has 1 aliphatic carbocycles. The summed E-state index contributed by atoms with van der Waals surface area (Å²) < 4.78 is 0. The van der Waals surface area contributed by atoms with Gasteiger partial charge in [0, 0.05) is 16.2 Å². The number of carboxylic acid groups (broad SMARTS) is 1. The van der Waals surface area contributed by atoms with Crippen LogP contribution in [0.25, 0.3) is 6.08 Å². The third-order valence-corrected chi connectivity index (χ3v) is 7.09. The molecule has 0 spiro atoms. The maximum absolute atomic E-state index is 11.0. The lowest BCUT2D eigenvalue weighted by Gasteiger charge is -2.20. The zero-order chi connectivity index (χ0) is 20.3. The van der Waals surface area contributed by atoms with Crippen molar-refractivity contribution in [1.29, 1.82) is 0 Å². The minimum atomic E-state index is -0.868. The fraction of sp³-hybridized carbons (Fsp3) is 0.435. The number of carboxylic acids is 1. The van der Waals surface area contributed by atoms with Gasteiger partial charge in [-0.3, -0.25) is 0 Å². The minimum absolute atomic E-state index is 0.0261. The maximum atomic E-state index is 11.0. The molecule has 1 aliphatic rings. The highest BCUT2D eigenvalue weighted by Crippen LogP contribution is 2.40. The quantitative estimate of drug-likeness (QED) is 0.566. The van der Waals surface area contributed by atoms with Crippen LogP contribution in [0.1, 0.15) is 50.5 Å². The van der Waals surface area contributed by atoms with Crippen LogP contribution in [0, 0.1) is 25.7 Å². The van der Waals surface area contributed by atoms with Crippen molar-refractivity contribution < 1.29 is 15.0 Å². The van der Waals surface area contributed by atoms with Gasteiger partial charge in [0.25, 0.3) is 0 Å². The first-order valence-corrected chi connectivity index (χ1v) is 11.0. The van der Waals surface area contributed by atoms with E-state index < -0.39 is 12.1 Å². The van der Waals surface area contributed by atoms with E-state index in [2.05, 4.69) is 44.2 Å². The minimum Gasteiger partial charge on any atom is -0.477 e. The van der Waals surface area contributed by atoms with Crippen molar-refractivity contribution in [3.8, 4) is 0 Å². The second kappa shape index (κ2) is 9.25. The zero-order valence-electron chi connectivity index (χ0n) is 16.3. The van der Waals surface area contributed by atoms with Gasteiger partial charge in [-0.15, -0.1) is 22.9 Å². The van der Waals surface area contributed by atoms with E-state index in [-0.39, 0.29) is 17.2 Å². The first-order valence-electron chi connectivity index (χ1n) is 9.74. The van der Waals surface area contributed by atoms with Crippen molar-refractivity contribution in [1.82, 2.24) is 0 Å². The van der Waals surface area contributed by atoms with E-state index in [1.54, 1.807) is 6.07 Å². The summed E-state index contributed by atoms with van der Waals surface area (Å²) in [5.74, 6) is -0.577. The van der Waals surface area contributed by atoms with Gasteiger partial charge in [0.2, 0.25) is 0 Å². The highest BCUT2D eigenvalue weighted by atomic mass is 35.5. The molecule has 2 N–H and O–H groups in total. The molecular weight excluding hydrogens is 392 g/mol. The number of carbonyl (C=O) groups is 1. The van der Waals surface area contributed by atoms with Crippen LogP contribution < -0.4 is 0 Å². The number of alkyl halides is 1. The van der Waals surface area contributed by atoms with Crippen LogP contribution in [0.3, 0.4) is 0 Å². The lowest BCUT2D eigenvalue weighted by atomic mass is 9.89. The van der Waals surface area contributed by atoms with Crippen molar-refractivity contribution >= 4 is 35.0 Å². The second-order valence-electron chi connectivity index (χ2n) is 7.80. The molecule has 150 valence electrons. The molecule has 4 atom stereocenters. The van der Waals surface area contributed by atoms with Gasteiger partial charge in [-0.1, -0.05) is 41.5 Å². The van der Waals surface area contributed by atoms with Crippen molar-refractivity contribution in [3.63, 3.8) is 0 Å². The number of aliphatic hydroxyl groups excluding tert-OH is 1. The van der Waals surface area contributed by atoms with E-state index in [1.807, 2.05) is 6.07 Å². The summed E-state index contributed by atoms with van der Waals surface area (Å²) in [5, 5.41) is 19.5. The first-order chi connectivity index (χ1) is 13.3. The molecule has 0 saturated heterocycles. The van der Waals surface area contributed by atoms with Crippen LogP contribution >= 0.6 is 22.9 Å². The van der Waals surface area contributed by atoms with Gasteiger partial charge in [0.1, 0.15) is 4.88 Å². The van der Waals surface area contributed by atoms with Crippen molar-refractivity contribution in [2.75, 3.05) is 0 Å². The Kier molecular flexibility index (Phi) is 6.97. The van der Waals surface area contributed by atoms with E-state index in [0.717, 1.165) is 29.7 Å². The summed E-state index contributed by atoms with van der Waals surface area (Å²) in [4.78, 5) is 12.5. The van der Waals surface area contributed by atoms with Gasteiger partial charge in [-0.2, -0.15) is 0 Å². The Morgan fingerprint density at radius 2 is 1.96 bits per heavy atom. The molecule has 0 amide bonds. The molecule has 2 aromatic rings. The number of aliphatic hydroxyl groups is 1. The van der Waals surface area contributed by atoms with E-state index in [9.17, 15) is 9.90 Å². The van der Waals surface area contributed by atoms with E-state index in [4.69, 9.17) is 16.7 Å². The molecular formula is C23H27ClO3S. The number of benzene rings is 1. The largest absolute Gasteiger partial charge is 0.477 e. The van der Waals surface area contributed by atoms with E-state index in [1.165, 1.54) is 22.5 Å². The Balaban J connectivity index is 1.62. The third kappa shape index (κ3) is 5.25. The molecule has 0 bridgehead atoms. The van der Waals surface area contributed by atoms with Crippen LogP contribution in [0.5, 0.6) is 0 Å². The lowest BCUT2D eigenvalue weighted by molar-refractivity contribution is 0.0702. The molecule has 0 radical (unpaired) electrons. The van der Waals surface area contributed by atoms with Gasteiger partial charge in [0.15, 0.2) is 0 Å². The topological polar surface area (TPSA) is 57.5 Å². The summed E-state index contributed by atoms with van der Waals surface area (Å²) in [6.45, 7) is 4.18. The fourth-order valence-electron chi connectivity index (χ4n) is 4.20. The third-order valence-electron chi connectivity index (χ3n) is 5.46. The number of thiophene rings is 1. The summed E-state index contributed by atoms with van der Waals surface area (Å²) in [6.07, 6.45) is 7.16. The predicted molar refractivity (Wildman–Crippen MR) is 116 cm³/mol. The smallest absolute Gasteiger partial charge is 0.345 e. The monoisotopic (exact) mass is 418 g/mol. The van der Waals surface area contributed by atoms with Crippen LogP contribution in [-0.2, 0) is 6.42 Å². The van der Waals surface area contributed by atoms with Crippen molar-refractivity contribution in [3.05, 3.63) is 62.9 Å². The summed E-state index contributed by atoms with van der Waals surface area (Å²) >= 11 is 7.90. The molecule has 1 saturated carbocycles. The standard InChI is InChI=1S/C23H27ClO3S/c1-14-10-15(2)12-16(11-14)6-8-19-18(20(24)13-21(19)25)5-3-4-17-7-9-22(28-17)23(26)27/h6-12,18-21,25H,3-5,13H2,1-2H3,(H,26,27). The number of rotatable bonds is 7.